The molecule has 0 aliphatic heterocycles. The number of aryl methyl sites for hydroxylation is 1. The van der Waals surface area contributed by atoms with Gasteiger partial charge in [0.15, 0.2) is 0 Å². The summed E-state index contributed by atoms with van der Waals surface area (Å²) >= 11 is 3.51. The normalized spacial score (nSPS) is 12.7. The highest BCUT2D eigenvalue weighted by atomic mass is 79.9. The highest BCUT2D eigenvalue weighted by molar-refractivity contribution is 9.10. The van der Waals surface area contributed by atoms with Crippen molar-refractivity contribution in [1.82, 2.24) is 4.90 Å². The summed E-state index contributed by atoms with van der Waals surface area (Å²) in [5, 5.41) is 0. The minimum Gasteiger partial charge on any atom is -0.329 e. The molecule has 0 amide bonds. The van der Waals surface area contributed by atoms with Gasteiger partial charge in [0.05, 0.1) is 0 Å². The molecule has 2 aromatic carbocycles. The molecule has 1 unspecified atom stereocenters. The van der Waals surface area contributed by atoms with Gasteiger partial charge in [0.2, 0.25) is 0 Å². The summed E-state index contributed by atoms with van der Waals surface area (Å²) in [5.41, 5.74) is 8.95. The summed E-state index contributed by atoms with van der Waals surface area (Å²) in [4.78, 5) is 2.08. The zero-order valence-electron chi connectivity index (χ0n) is 12.3. The second-order valence-electron chi connectivity index (χ2n) is 5.27. The van der Waals surface area contributed by atoms with Crippen LogP contribution in [0.4, 0.5) is 4.39 Å². The number of hydrogen-bond acceptors (Lipinski definition) is 2. The smallest absolute Gasteiger partial charge is 0.127 e. The minimum atomic E-state index is -0.174. The average Bonchev–Trinajstić information content (AvgIpc) is 2.46. The molecule has 0 saturated carbocycles. The van der Waals surface area contributed by atoms with E-state index in [0.717, 1.165) is 10.0 Å². The Labute approximate surface area is 133 Å². The van der Waals surface area contributed by atoms with E-state index in [1.165, 1.54) is 11.6 Å². The summed E-state index contributed by atoms with van der Waals surface area (Å²) < 4.78 is 14.9. The zero-order chi connectivity index (χ0) is 15.4. The number of hydrogen-bond donors (Lipinski definition) is 1. The molecule has 0 saturated heterocycles. The maximum Gasteiger partial charge on any atom is 0.127 e. The largest absolute Gasteiger partial charge is 0.329 e. The number of nitrogens with zero attached hydrogens (tertiary/aromatic N) is 1. The summed E-state index contributed by atoms with van der Waals surface area (Å²) in [6, 6.07) is 13.1. The second kappa shape index (κ2) is 7.16. The quantitative estimate of drug-likeness (QED) is 0.881. The van der Waals surface area contributed by atoms with Crippen molar-refractivity contribution in [3.8, 4) is 0 Å². The lowest BCUT2D eigenvalue weighted by Gasteiger charge is -2.28. The van der Waals surface area contributed by atoms with Crippen LogP contribution in [0.3, 0.4) is 0 Å². The molecule has 0 radical (unpaired) electrons. The van der Waals surface area contributed by atoms with E-state index in [2.05, 4.69) is 39.9 Å². The Hall–Kier alpha value is -1.23. The Morgan fingerprint density at radius 2 is 1.95 bits per heavy atom. The van der Waals surface area contributed by atoms with E-state index in [4.69, 9.17) is 5.73 Å². The van der Waals surface area contributed by atoms with E-state index in [1.807, 2.05) is 25.2 Å². The van der Waals surface area contributed by atoms with Crippen LogP contribution in [-0.2, 0) is 6.54 Å². The number of nitrogens with two attached hydrogens (primary N) is 1. The monoisotopic (exact) mass is 350 g/mol. The Kier molecular flexibility index (Phi) is 5.51. The van der Waals surface area contributed by atoms with Crippen molar-refractivity contribution in [2.75, 3.05) is 13.6 Å². The highest BCUT2D eigenvalue weighted by Gasteiger charge is 2.17. The molecule has 0 aliphatic carbocycles. The number of likely N-dealkylation sites (N-methyl/N-ethyl adjacent to an activating group) is 1. The molecular weight excluding hydrogens is 331 g/mol. The highest BCUT2D eigenvalue weighted by Crippen LogP contribution is 2.25. The van der Waals surface area contributed by atoms with E-state index >= 15 is 0 Å². The van der Waals surface area contributed by atoms with Crippen molar-refractivity contribution in [3.63, 3.8) is 0 Å². The topological polar surface area (TPSA) is 29.3 Å². The first-order valence-corrected chi connectivity index (χ1v) is 7.72. The molecule has 2 N–H and O–H groups in total. The molecule has 0 bridgehead atoms. The van der Waals surface area contributed by atoms with E-state index < -0.39 is 0 Å². The van der Waals surface area contributed by atoms with Gasteiger partial charge in [-0.05, 0) is 37.2 Å². The molecule has 0 fully saturated rings. The van der Waals surface area contributed by atoms with Gasteiger partial charge < -0.3 is 5.73 Å². The fourth-order valence-electron chi connectivity index (χ4n) is 2.45. The van der Waals surface area contributed by atoms with Crippen molar-refractivity contribution < 1.29 is 4.39 Å². The first kappa shape index (κ1) is 16.1. The molecule has 0 heterocycles. The summed E-state index contributed by atoms with van der Waals surface area (Å²) in [5.74, 6) is -0.174. The number of benzene rings is 2. The Morgan fingerprint density at radius 3 is 2.57 bits per heavy atom. The van der Waals surface area contributed by atoms with Gasteiger partial charge in [-0.2, -0.15) is 0 Å². The molecule has 4 heteroatoms. The molecule has 21 heavy (non-hydrogen) atoms. The average molecular weight is 351 g/mol. The third-order valence-electron chi connectivity index (χ3n) is 3.70. The molecule has 112 valence electrons. The van der Waals surface area contributed by atoms with Crippen LogP contribution in [0.25, 0.3) is 0 Å². The van der Waals surface area contributed by atoms with Crippen LogP contribution in [0.1, 0.15) is 22.7 Å². The summed E-state index contributed by atoms with van der Waals surface area (Å²) in [6.45, 7) is 3.08. The van der Waals surface area contributed by atoms with Crippen LogP contribution in [0.5, 0.6) is 0 Å². The summed E-state index contributed by atoms with van der Waals surface area (Å²) in [7, 11) is 1.97. The van der Waals surface area contributed by atoms with E-state index in [0.29, 0.717) is 18.7 Å². The third-order valence-corrected chi connectivity index (χ3v) is 4.59. The van der Waals surface area contributed by atoms with Crippen molar-refractivity contribution in [2.45, 2.75) is 19.5 Å². The van der Waals surface area contributed by atoms with Crippen LogP contribution in [0.2, 0.25) is 0 Å². The third kappa shape index (κ3) is 3.90. The van der Waals surface area contributed by atoms with E-state index in [1.54, 1.807) is 6.07 Å². The standard InChI is InChI=1S/C17H20BrFN2/c1-12-9-13(7-8-15(12)18)17(10-20)21(2)11-14-5-3-4-6-16(14)19/h3-9,17H,10-11,20H2,1-2H3. The molecule has 0 aliphatic rings. The van der Waals surface area contributed by atoms with E-state index in [-0.39, 0.29) is 11.9 Å². The molecular formula is C17H20BrFN2. The Bertz CT molecular complexity index is 615. The lowest BCUT2D eigenvalue weighted by Crippen LogP contribution is -2.30. The van der Waals surface area contributed by atoms with Crippen LogP contribution in [0, 0.1) is 12.7 Å². The van der Waals surface area contributed by atoms with Gasteiger partial charge in [-0.3, -0.25) is 4.90 Å². The first-order valence-electron chi connectivity index (χ1n) is 6.92. The van der Waals surface area contributed by atoms with Gasteiger partial charge >= 0.3 is 0 Å². The van der Waals surface area contributed by atoms with Gasteiger partial charge in [0.25, 0.3) is 0 Å². The predicted octanol–water partition coefficient (Wildman–Crippen LogP) is 4.03. The van der Waals surface area contributed by atoms with Crippen molar-refractivity contribution >= 4 is 15.9 Å². The lowest BCUT2D eigenvalue weighted by atomic mass is 10.0. The number of rotatable bonds is 5. The van der Waals surface area contributed by atoms with Crippen LogP contribution in [-0.4, -0.2) is 18.5 Å². The maximum atomic E-state index is 13.8. The minimum absolute atomic E-state index is 0.0661. The molecule has 2 aromatic rings. The predicted molar refractivity (Wildman–Crippen MR) is 88.5 cm³/mol. The molecule has 1 atom stereocenters. The van der Waals surface area contributed by atoms with Crippen LogP contribution in [0.15, 0.2) is 46.9 Å². The lowest BCUT2D eigenvalue weighted by molar-refractivity contribution is 0.238. The fraction of sp³-hybridized carbons (Fsp3) is 0.294. The molecule has 2 rings (SSSR count). The zero-order valence-corrected chi connectivity index (χ0v) is 13.9. The summed E-state index contributed by atoms with van der Waals surface area (Å²) in [6.07, 6.45) is 0. The Balaban J connectivity index is 2.20. The number of halogens is 2. The van der Waals surface area contributed by atoms with Crippen molar-refractivity contribution in [3.05, 3.63) is 69.4 Å². The first-order chi connectivity index (χ1) is 10.0. The molecule has 0 spiro atoms. The van der Waals surface area contributed by atoms with Gasteiger partial charge in [-0.25, -0.2) is 4.39 Å². The van der Waals surface area contributed by atoms with E-state index in [9.17, 15) is 4.39 Å². The van der Waals surface area contributed by atoms with Gasteiger partial charge in [-0.1, -0.05) is 46.3 Å². The van der Waals surface area contributed by atoms with Crippen molar-refractivity contribution in [2.24, 2.45) is 5.73 Å². The SMILES string of the molecule is Cc1cc(C(CN)N(C)Cc2ccccc2F)ccc1Br. The maximum absolute atomic E-state index is 13.8. The second-order valence-corrected chi connectivity index (χ2v) is 6.12. The molecule has 2 nitrogen and oxygen atoms in total. The Morgan fingerprint density at radius 1 is 1.24 bits per heavy atom. The van der Waals surface area contributed by atoms with Crippen LogP contribution < -0.4 is 5.73 Å². The van der Waals surface area contributed by atoms with Crippen molar-refractivity contribution in [1.29, 1.82) is 0 Å². The molecule has 0 aromatic heterocycles. The fourth-order valence-corrected chi connectivity index (χ4v) is 2.70. The van der Waals surface area contributed by atoms with Gasteiger partial charge in [-0.15, -0.1) is 0 Å². The van der Waals surface area contributed by atoms with Crippen LogP contribution >= 0.6 is 15.9 Å². The van der Waals surface area contributed by atoms with Gasteiger partial charge in [0.1, 0.15) is 5.82 Å². The van der Waals surface area contributed by atoms with Gasteiger partial charge in [0, 0.05) is 29.2 Å².